The second kappa shape index (κ2) is 5.64. The fourth-order valence-corrected chi connectivity index (χ4v) is 7.87. The Morgan fingerprint density at radius 3 is 2.62 bits per heavy atom. The Morgan fingerprint density at radius 1 is 1.27 bits per heavy atom. The van der Waals surface area contributed by atoms with Crippen LogP contribution < -0.4 is 5.32 Å². The van der Waals surface area contributed by atoms with E-state index in [-0.39, 0.29) is 36.0 Å². The number of amides is 1. The van der Waals surface area contributed by atoms with Crippen molar-refractivity contribution in [2.75, 3.05) is 6.44 Å². The van der Waals surface area contributed by atoms with Crippen molar-refractivity contribution in [3.05, 3.63) is 11.4 Å². The molecule has 5 unspecified atom stereocenters. The van der Waals surface area contributed by atoms with Crippen molar-refractivity contribution in [2.24, 2.45) is 28.6 Å². The zero-order valence-electron chi connectivity index (χ0n) is 15.6. The van der Waals surface area contributed by atoms with Crippen molar-refractivity contribution in [3.63, 3.8) is 0 Å². The quantitative estimate of drug-likeness (QED) is 0.610. The van der Waals surface area contributed by atoms with E-state index >= 15 is 0 Å². The summed E-state index contributed by atoms with van der Waals surface area (Å²) in [5.41, 5.74) is 0.344. The molecule has 6 atom stereocenters. The molecule has 0 aromatic rings. The molecule has 1 saturated heterocycles. The minimum absolute atomic E-state index is 0.0154. The van der Waals surface area contributed by atoms with Crippen LogP contribution in [0.2, 0.25) is 0 Å². The van der Waals surface area contributed by atoms with Gasteiger partial charge < -0.3 is 0 Å². The summed E-state index contributed by atoms with van der Waals surface area (Å²) < 4.78 is 11.1. The molecule has 5 aliphatic carbocycles. The van der Waals surface area contributed by atoms with Crippen molar-refractivity contribution < 1.29 is 9.50 Å². The van der Waals surface area contributed by atoms with Crippen molar-refractivity contribution in [2.45, 2.75) is 76.5 Å². The molecule has 6 aliphatic rings. The Kier molecular flexibility index (Phi) is 3.67. The summed E-state index contributed by atoms with van der Waals surface area (Å²) in [6.07, 6.45) is 9.12. The van der Waals surface area contributed by atoms with E-state index in [2.05, 4.69) is 17.1 Å². The second-order valence-electron chi connectivity index (χ2n) is 10.3. The fraction of sp³-hybridized carbons (Fsp3) is 0.900. The third kappa shape index (κ3) is 2.42. The summed E-state index contributed by atoms with van der Waals surface area (Å²) in [6.45, 7) is 9.93. The van der Waals surface area contributed by atoms with Gasteiger partial charge in [-0.3, -0.25) is 0 Å². The molecule has 0 aromatic heterocycles. The molecule has 6 heteroatoms. The topological polar surface area (TPSA) is 53.8 Å². The van der Waals surface area contributed by atoms with E-state index in [1.165, 1.54) is 19.3 Å². The third-order valence-electron chi connectivity index (χ3n) is 8.14. The van der Waals surface area contributed by atoms with Crippen LogP contribution in [0.3, 0.4) is 0 Å². The molecule has 1 heterocycles. The molecule has 1 aliphatic heterocycles. The molecule has 5 nitrogen and oxygen atoms in total. The Balaban J connectivity index is 1.47. The van der Waals surface area contributed by atoms with Crippen LogP contribution in [0.4, 0.5) is 0 Å². The van der Waals surface area contributed by atoms with Crippen molar-refractivity contribution in [1.82, 2.24) is 10.2 Å². The fourth-order valence-electron chi connectivity index (χ4n) is 7.87. The number of hydrogen-bond donors (Lipinski definition) is 1. The van der Waals surface area contributed by atoms with Gasteiger partial charge in [-0.05, 0) is 0 Å². The van der Waals surface area contributed by atoms with Crippen molar-refractivity contribution in [1.29, 1.82) is 0 Å². The molecule has 1 N–H and O–H groups in total. The van der Waals surface area contributed by atoms with Crippen LogP contribution in [0.5, 0.6) is 0 Å². The Hall–Kier alpha value is -1.22. The van der Waals surface area contributed by atoms with Crippen LogP contribution >= 0.6 is 0 Å². The molecule has 0 aromatic carbocycles. The van der Waals surface area contributed by atoms with E-state index < -0.39 is 0 Å². The van der Waals surface area contributed by atoms with Gasteiger partial charge in [-0.25, -0.2) is 0 Å². The van der Waals surface area contributed by atoms with Gasteiger partial charge in [-0.2, -0.15) is 0 Å². The van der Waals surface area contributed by atoms with Crippen LogP contribution in [-0.4, -0.2) is 42.7 Å². The summed E-state index contributed by atoms with van der Waals surface area (Å²) in [6, 6.07) is -0.00634. The second-order valence-corrected chi connectivity index (χ2v) is 10.3. The van der Waals surface area contributed by atoms with Gasteiger partial charge in [-0.1, -0.05) is 0 Å². The monoisotopic (exact) mass is 353 g/mol. The first-order valence-corrected chi connectivity index (χ1v) is 10.3. The number of fused-ring (bicyclic) bond motifs is 1. The zero-order chi connectivity index (χ0) is 18.1. The maximum absolute atomic E-state index is 13.7. The molecule has 6 fully saturated rings. The third-order valence-corrected chi connectivity index (χ3v) is 8.14. The average Bonchev–Trinajstić information content (AvgIpc) is 3.22. The molecule has 5 saturated carbocycles. The maximum atomic E-state index is 13.7. The first kappa shape index (κ1) is 16.9. The van der Waals surface area contributed by atoms with Crippen LogP contribution in [0.15, 0.2) is 0 Å². The van der Waals surface area contributed by atoms with Gasteiger partial charge >= 0.3 is 156 Å². The number of nitrogens with one attached hydrogen (secondary N) is 1. The molecule has 1 amide bonds. The number of carbonyl (C=O) groups is 1. The van der Waals surface area contributed by atoms with Gasteiger partial charge in [0.15, 0.2) is 0 Å². The summed E-state index contributed by atoms with van der Waals surface area (Å²) >= 11 is 0. The van der Waals surface area contributed by atoms with Crippen LogP contribution in [0, 0.1) is 35.2 Å². The minimum atomic E-state index is -0.290. The van der Waals surface area contributed by atoms with Gasteiger partial charge in [0.05, 0.1) is 0 Å². The van der Waals surface area contributed by atoms with Gasteiger partial charge in [-0.15, -0.1) is 0 Å². The first-order valence-electron chi connectivity index (χ1n) is 10.3. The molecule has 4 bridgehead atoms. The van der Waals surface area contributed by atoms with Gasteiger partial charge in [0.25, 0.3) is 0 Å². The number of hydrogen-bond acceptors (Lipinski definition) is 3. The normalized spacial score (nSPS) is 48.6. The molecule has 6 rings (SSSR count). The van der Waals surface area contributed by atoms with Gasteiger partial charge in [0.2, 0.25) is 0 Å². The summed E-state index contributed by atoms with van der Waals surface area (Å²) in [5.74, 6) is 2.12. The predicted molar refractivity (Wildman–Crippen MR) is 97.2 cm³/mol. The molecule has 0 radical (unpaired) electrons. The molecular weight excluding hydrogens is 325 g/mol. The number of likely N-dealkylation sites (tertiary alicyclic amines) is 1. The number of piperidine rings is 1. The predicted octanol–water partition coefficient (Wildman–Crippen LogP) is 2.42. The molecule has 138 valence electrons. The van der Waals surface area contributed by atoms with Crippen molar-refractivity contribution in [3.8, 4) is 0 Å². The molecule has 26 heavy (non-hydrogen) atoms. The van der Waals surface area contributed by atoms with Crippen molar-refractivity contribution >= 4 is 13.1 Å². The SMILES string of the molecule is [C-]#[N+]C1CC2CC2N1C(=O)[C@@H](NCB=O)C12CC3CC(CC(C)(C3)C1)C2. The van der Waals surface area contributed by atoms with E-state index in [1.807, 2.05) is 4.90 Å². The van der Waals surface area contributed by atoms with Crippen LogP contribution in [-0.2, 0) is 9.50 Å². The van der Waals surface area contributed by atoms with E-state index in [1.54, 1.807) is 0 Å². The summed E-state index contributed by atoms with van der Waals surface area (Å²) in [5, 5.41) is 3.34. The molecular formula is C20H28BN3O2. The van der Waals surface area contributed by atoms with Gasteiger partial charge in [0.1, 0.15) is 0 Å². The summed E-state index contributed by atoms with van der Waals surface area (Å²) in [4.78, 5) is 19.3. The first-order chi connectivity index (χ1) is 12.5. The van der Waals surface area contributed by atoms with E-state index in [9.17, 15) is 9.50 Å². The standard InChI is InChI=1S/C20H28BN3O2/c1-19-6-12-3-13(7-19)9-20(8-12,10-19)17(23-11-21-26)18(25)24-15-4-14(15)5-16(24)22-2/h12-17,23H,3-11H2,1H3/t12?,13?,14?,15?,16?,17-,19?,20?/m1/s1. The van der Waals surface area contributed by atoms with Crippen LogP contribution in [0.1, 0.15) is 58.3 Å². The average molecular weight is 353 g/mol. The number of carbonyl (C=O) groups excluding carboxylic acids is 1. The van der Waals surface area contributed by atoms with E-state index in [4.69, 9.17) is 6.57 Å². The van der Waals surface area contributed by atoms with E-state index in [0.29, 0.717) is 11.3 Å². The molecule has 0 spiro atoms. The zero-order valence-corrected chi connectivity index (χ0v) is 15.6. The number of nitrogens with zero attached hydrogens (tertiary/aromatic N) is 2. The number of rotatable bonds is 5. The van der Waals surface area contributed by atoms with E-state index in [0.717, 1.165) is 51.1 Å². The summed E-state index contributed by atoms with van der Waals surface area (Å²) in [7, 11) is 0.874. The van der Waals surface area contributed by atoms with Crippen LogP contribution in [0.25, 0.3) is 4.85 Å². The Bertz CT molecular complexity index is 675. The van der Waals surface area contributed by atoms with Gasteiger partial charge in [0, 0.05) is 0 Å². The Morgan fingerprint density at radius 2 is 2.00 bits per heavy atom. The Labute approximate surface area is 156 Å².